The molecule has 19 heteroatoms. The molecule has 4 atom stereocenters. The molecule has 0 saturated carbocycles. The van der Waals surface area contributed by atoms with E-state index in [4.69, 9.17) is 15.9 Å². The second-order valence-electron chi connectivity index (χ2n) is 19.4. The molecule has 0 radical (unpaired) electrons. The van der Waals surface area contributed by atoms with Crippen molar-refractivity contribution in [1.29, 1.82) is 0 Å². The normalized spacial score (nSPS) is 17.9. The van der Waals surface area contributed by atoms with Crippen molar-refractivity contribution in [3.05, 3.63) is 104 Å². The molecule has 4 aromatic rings. The molecule has 4 amide bonds. The number of hydrogen-bond acceptors (Lipinski definition) is 10. The van der Waals surface area contributed by atoms with E-state index in [1.54, 1.807) is 36.4 Å². The van der Waals surface area contributed by atoms with Gasteiger partial charge in [-0.15, -0.1) is 17.5 Å². The SMILES string of the molecule is C#C[SiH](C)C.COc1nc(NC(C)=O)c(C#C[Si](C)(C)C)cc1C(=O)N1C[C@H](C)N(Cc2ccc(F)cc2)C[C@H]1C.COc1nc(NC(C)=O)c(I)cc1C(=O)N1C[C@H](C)N(Cc2ccc(F)cc2)C[C@H]1C. The first-order valence-corrected chi connectivity index (χ1v) is 31.3. The summed E-state index contributed by atoms with van der Waals surface area (Å²) >= 11 is 2.05. The minimum Gasteiger partial charge on any atom is -0.480 e. The van der Waals surface area contributed by atoms with Crippen LogP contribution in [0.1, 0.15) is 78.9 Å². The maximum atomic E-state index is 13.7. The van der Waals surface area contributed by atoms with E-state index in [9.17, 15) is 28.0 Å². The summed E-state index contributed by atoms with van der Waals surface area (Å²) in [5.74, 6) is 2.76. The number of ether oxygens (including phenoxy) is 2. The Morgan fingerprint density at radius 1 is 0.708 bits per heavy atom. The molecule has 6 rings (SSSR count). The topological polar surface area (TPSA) is 150 Å². The van der Waals surface area contributed by atoms with Crippen molar-refractivity contribution in [2.45, 2.75) is 112 Å². The van der Waals surface area contributed by atoms with Crippen LogP contribution in [0, 0.1) is 38.6 Å². The van der Waals surface area contributed by atoms with Crippen LogP contribution in [-0.2, 0) is 22.7 Å². The number of piperazine rings is 2. The highest BCUT2D eigenvalue weighted by atomic mass is 127. The highest BCUT2D eigenvalue weighted by molar-refractivity contribution is 14.1. The molecule has 0 aliphatic carbocycles. The molecule has 2 saturated heterocycles. The van der Waals surface area contributed by atoms with Crippen LogP contribution >= 0.6 is 22.6 Å². The molecule has 2 aliphatic rings. The summed E-state index contributed by atoms with van der Waals surface area (Å²) in [6.45, 7) is 25.4. The molecule has 0 unspecified atom stereocenters. The number of nitrogens with zero attached hydrogens (tertiary/aromatic N) is 6. The maximum absolute atomic E-state index is 13.7. The van der Waals surface area contributed by atoms with Crippen LogP contribution in [0.2, 0.25) is 32.7 Å². The summed E-state index contributed by atoms with van der Waals surface area (Å²) in [5.41, 5.74) is 9.19. The van der Waals surface area contributed by atoms with E-state index in [1.165, 1.54) is 52.3 Å². The van der Waals surface area contributed by atoms with Gasteiger partial charge in [0, 0.05) is 77.3 Å². The molecule has 0 bridgehead atoms. The Morgan fingerprint density at radius 3 is 1.47 bits per heavy atom. The molecular weight excluding hydrogens is 1070 g/mol. The van der Waals surface area contributed by atoms with Gasteiger partial charge in [0.2, 0.25) is 23.6 Å². The second-order valence-corrected chi connectivity index (χ2v) is 28.0. The molecule has 0 spiro atoms. The van der Waals surface area contributed by atoms with Crippen molar-refractivity contribution < 1.29 is 37.4 Å². The minimum atomic E-state index is -1.72. The molecular formula is C53H69F2IN8O6Si2. The number of amides is 4. The van der Waals surface area contributed by atoms with Crippen molar-refractivity contribution >= 4 is 74.7 Å². The lowest BCUT2D eigenvalue weighted by Crippen LogP contribution is -2.57. The summed E-state index contributed by atoms with van der Waals surface area (Å²) in [5, 5.41) is 5.36. The van der Waals surface area contributed by atoms with Gasteiger partial charge in [-0.05, 0) is 97.8 Å². The molecule has 72 heavy (non-hydrogen) atoms. The molecule has 2 aromatic heterocycles. The molecule has 2 aliphatic heterocycles. The van der Waals surface area contributed by atoms with Gasteiger partial charge in [0.1, 0.15) is 45.4 Å². The van der Waals surface area contributed by atoms with Gasteiger partial charge in [0.05, 0.1) is 23.4 Å². The number of nitrogens with one attached hydrogen (secondary N) is 2. The Kier molecular flexibility index (Phi) is 21.9. The number of rotatable bonds is 10. The van der Waals surface area contributed by atoms with Crippen LogP contribution in [0.3, 0.4) is 0 Å². The van der Waals surface area contributed by atoms with Gasteiger partial charge in [0.25, 0.3) is 11.8 Å². The monoisotopic (exact) mass is 1130 g/mol. The van der Waals surface area contributed by atoms with Crippen LogP contribution in [0.4, 0.5) is 20.4 Å². The quantitative estimate of drug-likeness (QED) is 0.0903. The third kappa shape index (κ3) is 17.2. The number of methoxy groups -OCH3 is 2. The highest BCUT2D eigenvalue weighted by Gasteiger charge is 2.36. The largest absolute Gasteiger partial charge is 0.480 e. The summed E-state index contributed by atoms with van der Waals surface area (Å²) in [6.07, 6.45) is 4.98. The Bertz CT molecular complexity index is 2650. The standard InChI is InChI=1S/C27H35FN4O3Si.C22H26FIN4O3.C4H8Si/c1-18-16-32(19(2)15-31(18)17-21-8-10-23(28)11-9-21)27(34)24-14-22(12-13-36(5,6)7)25(29-20(3)33)30-26(24)35-4;1-13-11-28(14(2)10-27(13)12-16-5-7-17(23)8-6-16)22(30)18-9-19(24)20(25-15(3)29)26-21(18)31-4;1-4-5(2)3/h8-11,14,18-19H,15-17H2,1-7H3,(H,29,30,33);5-9,13-14H,10-12H2,1-4H3,(H,25,26,29);1,5H,2-3H3/t18-,19+;13-,14+;/m00./s1. The second kappa shape index (κ2) is 26.8. The number of halogens is 3. The predicted molar refractivity (Wildman–Crippen MR) is 294 cm³/mol. The molecule has 4 heterocycles. The number of aromatic nitrogens is 2. The lowest BCUT2D eigenvalue weighted by molar-refractivity contribution is -0.115. The molecule has 2 aromatic carbocycles. The molecule has 2 N–H and O–H groups in total. The van der Waals surface area contributed by atoms with Crippen molar-refractivity contribution in [2.24, 2.45) is 0 Å². The lowest BCUT2D eigenvalue weighted by atomic mass is 10.0. The van der Waals surface area contributed by atoms with Crippen LogP contribution in [0.15, 0.2) is 60.7 Å². The van der Waals surface area contributed by atoms with Crippen LogP contribution in [-0.4, -0.2) is 135 Å². The number of carbonyl (C=O) groups is 4. The van der Waals surface area contributed by atoms with Crippen LogP contribution in [0.25, 0.3) is 0 Å². The first-order chi connectivity index (χ1) is 33.8. The Morgan fingerprint density at radius 2 is 1.10 bits per heavy atom. The number of pyridine rings is 2. The number of benzene rings is 2. The first-order valence-electron chi connectivity index (χ1n) is 23.8. The Balaban J connectivity index is 0.000000288. The average molecular weight is 1140 g/mol. The van der Waals surface area contributed by atoms with Gasteiger partial charge in [-0.2, -0.15) is 9.97 Å². The predicted octanol–water partition coefficient (Wildman–Crippen LogP) is 8.32. The molecule has 14 nitrogen and oxygen atoms in total. The summed E-state index contributed by atoms with van der Waals surface area (Å²) < 4.78 is 38.0. The van der Waals surface area contributed by atoms with Crippen molar-refractivity contribution in [3.8, 4) is 35.2 Å². The third-order valence-electron chi connectivity index (χ3n) is 11.6. The van der Waals surface area contributed by atoms with E-state index in [2.05, 4.69) is 94.0 Å². The van der Waals surface area contributed by atoms with Gasteiger partial charge in [-0.25, -0.2) is 8.78 Å². The number of carbonyl (C=O) groups excluding carboxylic acids is 4. The van der Waals surface area contributed by atoms with Crippen molar-refractivity contribution in [1.82, 2.24) is 29.6 Å². The zero-order chi connectivity index (χ0) is 53.6. The first kappa shape index (κ1) is 58.9. The van der Waals surface area contributed by atoms with Crippen LogP contribution < -0.4 is 20.1 Å². The van der Waals surface area contributed by atoms with E-state index < -0.39 is 16.9 Å². The van der Waals surface area contributed by atoms with Gasteiger partial charge in [-0.3, -0.25) is 29.0 Å². The number of terminal acetylenes is 1. The summed E-state index contributed by atoms with van der Waals surface area (Å²) in [4.78, 5) is 67.3. The Hall–Kier alpha value is -5.72. The minimum absolute atomic E-state index is 0.0264. The van der Waals surface area contributed by atoms with Gasteiger partial charge < -0.3 is 29.9 Å². The van der Waals surface area contributed by atoms with E-state index in [1.807, 2.05) is 46.2 Å². The third-order valence-corrected chi connectivity index (χ3v) is 14.0. The zero-order valence-electron chi connectivity index (χ0n) is 43.7. The molecule has 386 valence electrons. The zero-order valence-corrected chi connectivity index (χ0v) is 48.1. The fraction of sp³-hybridized carbons (Fsp3) is 0.434. The number of hydrogen-bond donors (Lipinski definition) is 2. The summed E-state index contributed by atoms with van der Waals surface area (Å²) in [6, 6.07) is 16.5. The number of anilines is 2. The highest BCUT2D eigenvalue weighted by Crippen LogP contribution is 2.30. The smallest absolute Gasteiger partial charge is 0.259 e. The maximum Gasteiger partial charge on any atom is 0.259 e. The van der Waals surface area contributed by atoms with Gasteiger partial charge in [0.15, 0.2) is 5.82 Å². The van der Waals surface area contributed by atoms with E-state index in [-0.39, 0.29) is 77.0 Å². The Labute approximate surface area is 440 Å². The average Bonchev–Trinajstić information content (AvgIpc) is 3.31. The summed E-state index contributed by atoms with van der Waals surface area (Å²) in [7, 11) is 0.568. The van der Waals surface area contributed by atoms with Crippen molar-refractivity contribution in [2.75, 3.05) is 51.0 Å². The van der Waals surface area contributed by atoms with E-state index >= 15 is 0 Å². The van der Waals surface area contributed by atoms with Gasteiger partial charge in [-0.1, -0.05) is 62.9 Å². The lowest BCUT2D eigenvalue weighted by Gasteiger charge is -2.44. The van der Waals surface area contributed by atoms with Crippen LogP contribution in [0.5, 0.6) is 11.8 Å². The van der Waals surface area contributed by atoms with E-state index in [0.717, 1.165) is 11.1 Å². The van der Waals surface area contributed by atoms with Crippen molar-refractivity contribution in [3.63, 3.8) is 0 Å². The molecule has 2 fully saturated rings. The fourth-order valence-electron chi connectivity index (χ4n) is 7.81. The van der Waals surface area contributed by atoms with E-state index in [0.29, 0.717) is 65.3 Å². The fourth-order valence-corrected chi connectivity index (χ4v) is 8.89. The van der Waals surface area contributed by atoms with Gasteiger partial charge >= 0.3 is 0 Å².